The van der Waals surface area contributed by atoms with Crippen molar-refractivity contribution in [2.24, 2.45) is 11.8 Å². The predicted octanol–water partition coefficient (Wildman–Crippen LogP) is 0.513. The third-order valence-corrected chi connectivity index (χ3v) is 3.96. The first-order valence-corrected chi connectivity index (χ1v) is 7.40. The van der Waals surface area contributed by atoms with Crippen LogP contribution >= 0.6 is 0 Å². The molecule has 4 nitrogen and oxygen atoms in total. The molecule has 0 radical (unpaired) electrons. The summed E-state index contributed by atoms with van der Waals surface area (Å²) in [6.07, 6.45) is 2.46. The molecular weight excluding hydrogens is 212 g/mol. The number of sulfonamides is 1. The van der Waals surface area contributed by atoms with Crippen LogP contribution in [0.15, 0.2) is 0 Å². The molecule has 15 heavy (non-hydrogen) atoms. The molecule has 0 unspecified atom stereocenters. The van der Waals surface area contributed by atoms with Crippen molar-refractivity contribution in [3.05, 3.63) is 0 Å². The Hall–Kier alpha value is -0.130. The van der Waals surface area contributed by atoms with E-state index in [1.165, 1.54) is 17.0 Å². The van der Waals surface area contributed by atoms with Crippen LogP contribution in [-0.2, 0) is 10.0 Å². The molecule has 1 rings (SSSR count). The van der Waals surface area contributed by atoms with E-state index in [-0.39, 0.29) is 0 Å². The van der Waals surface area contributed by atoms with Crippen molar-refractivity contribution in [3.8, 4) is 0 Å². The monoisotopic (exact) mass is 234 g/mol. The maximum Gasteiger partial charge on any atom is 0.211 e. The van der Waals surface area contributed by atoms with Gasteiger partial charge in [0.1, 0.15) is 0 Å². The Balaban J connectivity index is 2.04. The van der Waals surface area contributed by atoms with Crippen LogP contribution in [0.3, 0.4) is 0 Å². The van der Waals surface area contributed by atoms with E-state index in [4.69, 9.17) is 0 Å². The number of nitrogens with zero attached hydrogens (tertiary/aromatic N) is 1. The van der Waals surface area contributed by atoms with Gasteiger partial charge in [-0.05, 0) is 24.8 Å². The van der Waals surface area contributed by atoms with Crippen molar-refractivity contribution in [3.63, 3.8) is 0 Å². The maximum atomic E-state index is 11.1. The second kappa shape index (κ2) is 5.27. The van der Waals surface area contributed by atoms with E-state index < -0.39 is 10.0 Å². The van der Waals surface area contributed by atoms with Gasteiger partial charge in [-0.25, -0.2) is 12.7 Å². The summed E-state index contributed by atoms with van der Waals surface area (Å²) in [7, 11) is -2.94. The Morgan fingerprint density at radius 1 is 1.40 bits per heavy atom. The zero-order chi connectivity index (χ0) is 11.5. The molecular formula is C10H22N2O2S. The molecule has 1 heterocycles. The highest BCUT2D eigenvalue weighted by Crippen LogP contribution is 2.17. The van der Waals surface area contributed by atoms with Gasteiger partial charge in [-0.3, -0.25) is 0 Å². The fraction of sp³-hybridized carbons (Fsp3) is 1.00. The summed E-state index contributed by atoms with van der Waals surface area (Å²) in [5.74, 6) is 1.23. The van der Waals surface area contributed by atoms with E-state index in [2.05, 4.69) is 19.2 Å². The maximum absolute atomic E-state index is 11.1. The molecule has 0 amide bonds. The van der Waals surface area contributed by atoms with Crippen molar-refractivity contribution < 1.29 is 8.42 Å². The van der Waals surface area contributed by atoms with Gasteiger partial charge in [-0.1, -0.05) is 13.8 Å². The summed E-state index contributed by atoms with van der Waals surface area (Å²) >= 11 is 0. The van der Waals surface area contributed by atoms with Crippen molar-refractivity contribution in [2.45, 2.75) is 20.3 Å². The Morgan fingerprint density at radius 2 is 2.00 bits per heavy atom. The standard InChI is InChI=1S/C10H22N2O2S/c1-9(2)4-5-11-6-10-7-12(8-10)15(3,13)14/h9-11H,4-8H2,1-3H3. The van der Waals surface area contributed by atoms with Crippen LogP contribution in [-0.4, -0.2) is 45.2 Å². The first-order valence-electron chi connectivity index (χ1n) is 5.55. The Bertz CT molecular complexity index is 282. The highest BCUT2D eigenvalue weighted by Gasteiger charge is 2.32. The number of nitrogens with one attached hydrogen (secondary N) is 1. The minimum Gasteiger partial charge on any atom is -0.316 e. The molecule has 0 aliphatic carbocycles. The average molecular weight is 234 g/mol. The molecule has 0 aromatic rings. The highest BCUT2D eigenvalue weighted by atomic mass is 32.2. The zero-order valence-corrected chi connectivity index (χ0v) is 10.7. The average Bonchev–Trinajstić information content (AvgIpc) is 1.96. The Labute approximate surface area is 93.1 Å². The Kier molecular flexibility index (Phi) is 4.55. The zero-order valence-electron chi connectivity index (χ0n) is 9.86. The lowest BCUT2D eigenvalue weighted by Gasteiger charge is -2.37. The molecule has 0 aromatic heterocycles. The summed E-state index contributed by atoms with van der Waals surface area (Å²) in [5, 5.41) is 3.37. The van der Waals surface area contributed by atoms with Crippen LogP contribution in [0.25, 0.3) is 0 Å². The number of hydrogen-bond donors (Lipinski definition) is 1. The predicted molar refractivity (Wildman–Crippen MR) is 62.2 cm³/mol. The third kappa shape index (κ3) is 4.49. The molecule has 1 saturated heterocycles. The van der Waals surface area contributed by atoms with Crippen molar-refractivity contribution in [1.82, 2.24) is 9.62 Å². The van der Waals surface area contributed by atoms with E-state index in [0.29, 0.717) is 19.0 Å². The normalized spacial score (nSPS) is 19.5. The molecule has 0 spiro atoms. The van der Waals surface area contributed by atoms with Crippen LogP contribution in [0.4, 0.5) is 0 Å². The quantitative estimate of drug-likeness (QED) is 0.681. The van der Waals surface area contributed by atoms with Gasteiger partial charge in [-0.2, -0.15) is 0 Å². The fourth-order valence-corrected chi connectivity index (χ4v) is 2.58. The van der Waals surface area contributed by atoms with Gasteiger partial charge in [0, 0.05) is 19.6 Å². The SMILES string of the molecule is CC(C)CCNCC1CN(S(C)(=O)=O)C1. The molecule has 1 fully saturated rings. The molecule has 0 bridgehead atoms. The fourth-order valence-electron chi connectivity index (χ4n) is 1.62. The van der Waals surface area contributed by atoms with Crippen molar-refractivity contribution in [1.29, 1.82) is 0 Å². The summed E-state index contributed by atoms with van der Waals surface area (Å²) in [5.41, 5.74) is 0. The van der Waals surface area contributed by atoms with Gasteiger partial charge in [0.15, 0.2) is 0 Å². The summed E-state index contributed by atoms with van der Waals surface area (Å²) in [6.45, 7) is 7.76. The highest BCUT2D eigenvalue weighted by molar-refractivity contribution is 7.88. The smallest absolute Gasteiger partial charge is 0.211 e. The number of hydrogen-bond acceptors (Lipinski definition) is 3. The molecule has 1 N–H and O–H groups in total. The third-order valence-electron chi connectivity index (χ3n) is 2.72. The summed E-state index contributed by atoms with van der Waals surface area (Å²) in [6, 6.07) is 0. The Morgan fingerprint density at radius 3 is 2.47 bits per heavy atom. The van der Waals surface area contributed by atoms with Gasteiger partial charge in [0.05, 0.1) is 6.26 Å². The summed E-state index contributed by atoms with van der Waals surface area (Å²) < 4.78 is 23.7. The second-order valence-corrected chi connectivity index (χ2v) is 6.82. The number of rotatable bonds is 6. The largest absolute Gasteiger partial charge is 0.316 e. The second-order valence-electron chi connectivity index (χ2n) is 4.83. The molecule has 5 heteroatoms. The van der Waals surface area contributed by atoms with Gasteiger partial charge in [-0.15, -0.1) is 0 Å². The minimum absolute atomic E-state index is 0.506. The first-order chi connectivity index (χ1) is 6.89. The van der Waals surface area contributed by atoms with E-state index in [0.717, 1.165) is 19.0 Å². The van der Waals surface area contributed by atoms with Crippen molar-refractivity contribution in [2.75, 3.05) is 32.4 Å². The van der Waals surface area contributed by atoms with Crippen LogP contribution in [0, 0.1) is 11.8 Å². The summed E-state index contributed by atoms with van der Waals surface area (Å²) in [4.78, 5) is 0. The van der Waals surface area contributed by atoms with Gasteiger partial charge in [0.25, 0.3) is 0 Å². The molecule has 0 atom stereocenters. The lowest BCUT2D eigenvalue weighted by Crippen LogP contribution is -2.52. The van der Waals surface area contributed by atoms with Crippen LogP contribution in [0.2, 0.25) is 0 Å². The van der Waals surface area contributed by atoms with Gasteiger partial charge >= 0.3 is 0 Å². The van der Waals surface area contributed by atoms with E-state index >= 15 is 0 Å². The molecule has 0 saturated carbocycles. The molecule has 0 aromatic carbocycles. The van der Waals surface area contributed by atoms with Crippen LogP contribution in [0.5, 0.6) is 0 Å². The lowest BCUT2D eigenvalue weighted by molar-refractivity contribution is 0.197. The lowest BCUT2D eigenvalue weighted by atomic mass is 10.0. The van der Waals surface area contributed by atoms with Crippen molar-refractivity contribution >= 4 is 10.0 Å². The first kappa shape index (κ1) is 12.9. The van der Waals surface area contributed by atoms with Crippen LogP contribution in [0.1, 0.15) is 20.3 Å². The molecule has 1 aliphatic rings. The van der Waals surface area contributed by atoms with Gasteiger partial charge in [0.2, 0.25) is 10.0 Å². The minimum atomic E-state index is -2.94. The van der Waals surface area contributed by atoms with Crippen LogP contribution < -0.4 is 5.32 Å². The molecule has 90 valence electrons. The molecule has 1 aliphatic heterocycles. The topological polar surface area (TPSA) is 49.4 Å². The van der Waals surface area contributed by atoms with E-state index in [1.807, 2.05) is 0 Å². The van der Waals surface area contributed by atoms with E-state index in [9.17, 15) is 8.42 Å². The van der Waals surface area contributed by atoms with Gasteiger partial charge < -0.3 is 5.32 Å². The van der Waals surface area contributed by atoms with E-state index in [1.54, 1.807) is 0 Å².